The van der Waals surface area contributed by atoms with Crippen molar-refractivity contribution in [2.24, 2.45) is 0 Å². The van der Waals surface area contributed by atoms with Gasteiger partial charge in [-0.2, -0.15) is 5.10 Å². The van der Waals surface area contributed by atoms with Gasteiger partial charge in [0.05, 0.1) is 16.6 Å². The van der Waals surface area contributed by atoms with Crippen molar-refractivity contribution in [3.63, 3.8) is 0 Å². The van der Waals surface area contributed by atoms with Gasteiger partial charge in [-0.3, -0.25) is 14.3 Å². The summed E-state index contributed by atoms with van der Waals surface area (Å²) >= 11 is 11.7. The molecule has 2 rings (SSSR count). The predicted octanol–water partition coefficient (Wildman–Crippen LogP) is 2.85. The molecule has 6 nitrogen and oxygen atoms in total. The molecular formula is C15H16Cl2N4O2. The number of nitrogens with zero attached hydrogens (tertiary/aromatic N) is 3. The minimum Gasteiger partial charge on any atom is -0.335 e. The van der Waals surface area contributed by atoms with Crippen molar-refractivity contribution in [3.8, 4) is 0 Å². The number of hydrogen-bond acceptors (Lipinski definition) is 3. The van der Waals surface area contributed by atoms with Gasteiger partial charge in [-0.25, -0.2) is 0 Å². The van der Waals surface area contributed by atoms with Gasteiger partial charge in [0, 0.05) is 25.1 Å². The number of amides is 2. The van der Waals surface area contributed by atoms with Crippen LogP contribution >= 0.6 is 23.2 Å². The first-order valence-corrected chi connectivity index (χ1v) is 7.63. The molecule has 122 valence electrons. The Hall–Kier alpha value is -2.05. The van der Waals surface area contributed by atoms with E-state index < -0.39 is 6.04 Å². The van der Waals surface area contributed by atoms with Gasteiger partial charge in [-0.05, 0) is 31.2 Å². The van der Waals surface area contributed by atoms with Crippen LogP contribution in [0.1, 0.15) is 13.0 Å². The number of aromatic nitrogens is 2. The van der Waals surface area contributed by atoms with E-state index in [4.69, 9.17) is 23.2 Å². The lowest BCUT2D eigenvalue weighted by molar-refractivity contribution is -0.136. The van der Waals surface area contributed by atoms with E-state index in [1.54, 1.807) is 50.6 Å². The maximum Gasteiger partial charge on any atom is 0.247 e. The molecule has 0 fully saturated rings. The molecule has 0 aliphatic rings. The molecule has 0 spiro atoms. The third kappa shape index (κ3) is 4.46. The van der Waals surface area contributed by atoms with Gasteiger partial charge in [0.15, 0.2) is 0 Å². The van der Waals surface area contributed by atoms with E-state index in [1.165, 1.54) is 9.58 Å². The Morgan fingerprint density at radius 1 is 1.35 bits per heavy atom. The molecule has 1 aromatic carbocycles. The smallest absolute Gasteiger partial charge is 0.247 e. The number of hydrogen-bond donors (Lipinski definition) is 1. The van der Waals surface area contributed by atoms with Crippen LogP contribution in [-0.4, -0.2) is 40.1 Å². The summed E-state index contributed by atoms with van der Waals surface area (Å²) in [5.41, 5.74) is 0.519. The second-order valence-electron chi connectivity index (χ2n) is 5.03. The molecule has 1 unspecified atom stereocenters. The molecule has 1 N–H and O–H groups in total. The number of likely N-dealkylation sites (N-methyl/N-ethyl adjacent to an activating group) is 1. The van der Waals surface area contributed by atoms with Crippen molar-refractivity contribution >= 4 is 40.7 Å². The average molecular weight is 355 g/mol. The van der Waals surface area contributed by atoms with Crippen LogP contribution < -0.4 is 5.32 Å². The van der Waals surface area contributed by atoms with Gasteiger partial charge in [0.25, 0.3) is 0 Å². The highest BCUT2D eigenvalue weighted by atomic mass is 35.5. The fraction of sp³-hybridized carbons (Fsp3) is 0.267. The zero-order valence-corrected chi connectivity index (χ0v) is 14.2. The van der Waals surface area contributed by atoms with E-state index in [9.17, 15) is 9.59 Å². The summed E-state index contributed by atoms with van der Waals surface area (Å²) in [6.45, 7) is 1.65. The van der Waals surface area contributed by atoms with Crippen LogP contribution in [0.15, 0.2) is 36.7 Å². The fourth-order valence-electron chi connectivity index (χ4n) is 2.01. The normalized spacial score (nSPS) is 11.8. The molecule has 0 saturated heterocycles. The Bertz CT molecular complexity index is 704. The lowest BCUT2D eigenvalue weighted by atomic mass is 10.3. The topological polar surface area (TPSA) is 67.2 Å². The summed E-state index contributed by atoms with van der Waals surface area (Å²) in [6, 6.07) is 6.04. The minimum atomic E-state index is -0.479. The quantitative estimate of drug-likeness (QED) is 0.897. The van der Waals surface area contributed by atoms with E-state index >= 15 is 0 Å². The first-order chi connectivity index (χ1) is 10.9. The summed E-state index contributed by atoms with van der Waals surface area (Å²) in [4.78, 5) is 25.7. The average Bonchev–Trinajstić information content (AvgIpc) is 3.03. The zero-order chi connectivity index (χ0) is 17.0. The lowest BCUT2D eigenvalue weighted by Crippen LogP contribution is -2.38. The van der Waals surface area contributed by atoms with Crippen LogP contribution in [0.3, 0.4) is 0 Å². The molecule has 2 aromatic rings. The first-order valence-electron chi connectivity index (χ1n) is 6.87. The van der Waals surface area contributed by atoms with Crippen LogP contribution in [0, 0.1) is 0 Å². The third-order valence-corrected chi connectivity index (χ3v) is 3.98. The van der Waals surface area contributed by atoms with Crippen LogP contribution in [-0.2, 0) is 9.59 Å². The van der Waals surface area contributed by atoms with E-state index in [1.807, 2.05) is 0 Å². The number of halogens is 2. The summed E-state index contributed by atoms with van der Waals surface area (Å²) in [5.74, 6) is -0.537. The molecule has 0 radical (unpaired) electrons. The summed E-state index contributed by atoms with van der Waals surface area (Å²) in [6.07, 6.45) is 3.30. The van der Waals surface area contributed by atoms with Gasteiger partial charge < -0.3 is 10.2 Å². The first kappa shape index (κ1) is 17.3. The summed E-state index contributed by atoms with van der Waals surface area (Å²) < 4.78 is 1.54. The molecule has 1 atom stereocenters. The Balaban J connectivity index is 1.93. The highest BCUT2D eigenvalue weighted by Crippen LogP contribution is 2.24. The monoisotopic (exact) mass is 354 g/mol. The van der Waals surface area contributed by atoms with Crippen molar-refractivity contribution in [2.45, 2.75) is 13.0 Å². The van der Waals surface area contributed by atoms with Crippen molar-refractivity contribution in [3.05, 3.63) is 46.7 Å². The maximum absolute atomic E-state index is 12.3. The standard InChI is InChI=1S/C15H16Cl2N4O2/c1-10(21-7-3-6-18-21)15(23)20(2)9-14(22)19-11-4-5-12(16)13(17)8-11/h3-8,10H,9H2,1-2H3,(H,19,22). The van der Waals surface area contributed by atoms with Gasteiger partial charge >= 0.3 is 0 Å². The Kier molecular flexibility index (Phi) is 5.63. The van der Waals surface area contributed by atoms with Gasteiger partial charge in [-0.1, -0.05) is 23.2 Å². The van der Waals surface area contributed by atoms with Gasteiger partial charge in [-0.15, -0.1) is 0 Å². The van der Waals surface area contributed by atoms with E-state index in [2.05, 4.69) is 10.4 Å². The Labute approximate surface area is 144 Å². The minimum absolute atomic E-state index is 0.0787. The SMILES string of the molecule is CC(C(=O)N(C)CC(=O)Nc1ccc(Cl)c(Cl)c1)n1cccn1. The van der Waals surface area contributed by atoms with Crippen molar-refractivity contribution in [2.75, 3.05) is 18.9 Å². The van der Waals surface area contributed by atoms with Gasteiger partial charge in [0.1, 0.15) is 6.04 Å². The molecule has 0 aliphatic heterocycles. The zero-order valence-electron chi connectivity index (χ0n) is 12.7. The summed E-state index contributed by atoms with van der Waals surface area (Å²) in [5, 5.41) is 7.45. The molecule has 0 bridgehead atoms. The molecule has 0 saturated carbocycles. The number of rotatable bonds is 5. The molecule has 23 heavy (non-hydrogen) atoms. The predicted molar refractivity (Wildman–Crippen MR) is 89.7 cm³/mol. The van der Waals surface area contributed by atoms with Crippen molar-refractivity contribution in [1.82, 2.24) is 14.7 Å². The fourth-order valence-corrected chi connectivity index (χ4v) is 2.31. The number of benzene rings is 1. The highest BCUT2D eigenvalue weighted by molar-refractivity contribution is 6.42. The van der Waals surface area contributed by atoms with Crippen LogP contribution in [0.25, 0.3) is 0 Å². The van der Waals surface area contributed by atoms with Crippen molar-refractivity contribution < 1.29 is 9.59 Å². The largest absolute Gasteiger partial charge is 0.335 e. The molecule has 8 heteroatoms. The van der Waals surface area contributed by atoms with Crippen LogP contribution in [0.5, 0.6) is 0 Å². The van der Waals surface area contributed by atoms with Crippen LogP contribution in [0.4, 0.5) is 5.69 Å². The van der Waals surface area contributed by atoms with Crippen LogP contribution in [0.2, 0.25) is 10.0 Å². The van der Waals surface area contributed by atoms with E-state index in [0.29, 0.717) is 15.7 Å². The molecular weight excluding hydrogens is 339 g/mol. The second-order valence-corrected chi connectivity index (χ2v) is 5.85. The molecule has 2 amide bonds. The number of carbonyl (C=O) groups is 2. The molecule has 0 aliphatic carbocycles. The Morgan fingerprint density at radius 3 is 2.70 bits per heavy atom. The third-order valence-electron chi connectivity index (χ3n) is 3.24. The number of carbonyl (C=O) groups excluding carboxylic acids is 2. The number of nitrogens with one attached hydrogen (secondary N) is 1. The highest BCUT2D eigenvalue weighted by Gasteiger charge is 2.21. The molecule has 1 heterocycles. The van der Waals surface area contributed by atoms with E-state index in [0.717, 1.165) is 0 Å². The Morgan fingerprint density at radius 2 is 2.09 bits per heavy atom. The van der Waals surface area contributed by atoms with Crippen molar-refractivity contribution in [1.29, 1.82) is 0 Å². The summed E-state index contributed by atoms with van der Waals surface area (Å²) in [7, 11) is 1.57. The molecule has 1 aromatic heterocycles. The number of anilines is 1. The second kappa shape index (κ2) is 7.48. The van der Waals surface area contributed by atoms with Gasteiger partial charge in [0.2, 0.25) is 11.8 Å². The van der Waals surface area contributed by atoms with E-state index in [-0.39, 0.29) is 18.4 Å². The maximum atomic E-state index is 12.3. The lowest BCUT2D eigenvalue weighted by Gasteiger charge is -2.21.